The zero-order valence-corrected chi connectivity index (χ0v) is 20.4. The van der Waals surface area contributed by atoms with E-state index in [0.29, 0.717) is 33.2 Å². The van der Waals surface area contributed by atoms with Gasteiger partial charge in [-0.25, -0.2) is 4.39 Å². The molecule has 0 bridgehead atoms. The highest BCUT2D eigenvalue weighted by atomic mass is 32.1. The lowest BCUT2D eigenvalue weighted by Gasteiger charge is -2.23. The summed E-state index contributed by atoms with van der Waals surface area (Å²) in [4.78, 5) is 29.6. The van der Waals surface area contributed by atoms with Gasteiger partial charge in [-0.1, -0.05) is 12.1 Å². The summed E-state index contributed by atoms with van der Waals surface area (Å²) in [5.74, 6) is -0.495. The average Bonchev–Trinajstić information content (AvgIpc) is 3.46. The number of anilines is 2. The molecular weight excluding hydrogens is 465 g/mol. The summed E-state index contributed by atoms with van der Waals surface area (Å²) in [6.45, 7) is 4.12. The van der Waals surface area contributed by atoms with Crippen LogP contribution in [0.2, 0.25) is 0 Å². The Morgan fingerprint density at radius 3 is 2.74 bits per heavy atom. The number of carbonyl (C=O) groups is 1. The summed E-state index contributed by atoms with van der Waals surface area (Å²) in [7, 11) is 0. The van der Waals surface area contributed by atoms with Gasteiger partial charge in [-0.3, -0.25) is 14.2 Å². The highest BCUT2D eigenvalue weighted by Crippen LogP contribution is 2.39. The van der Waals surface area contributed by atoms with Crippen molar-refractivity contribution in [3.63, 3.8) is 0 Å². The van der Waals surface area contributed by atoms with Crippen molar-refractivity contribution in [2.75, 3.05) is 18.5 Å². The minimum Gasteiger partial charge on any atom is -0.394 e. The van der Waals surface area contributed by atoms with Crippen molar-refractivity contribution in [3.8, 4) is 5.69 Å². The Kier molecular flexibility index (Phi) is 6.17. The summed E-state index contributed by atoms with van der Waals surface area (Å²) in [6, 6.07) is 15.4. The zero-order valence-electron chi connectivity index (χ0n) is 19.5. The topological polar surface area (TPSA) is 74.6 Å². The number of benzene rings is 2. The van der Waals surface area contributed by atoms with Crippen molar-refractivity contribution in [1.29, 1.82) is 0 Å². The molecule has 35 heavy (non-hydrogen) atoms. The highest BCUT2D eigenvalue weighted by Gasteiger charge is 2.32. The number of aliphatic hydroxyl groups is 1. The van der Waals surface area contributed by atoms with E-state index in [0.717, 1.165) is 29.5 Å². The number of aryl methyl sites for hydroxylation is 2. The fourth-order valence-electron chi connectivity index (χ4n) is 4.66. The molecule has 2 aromatic carbocycles. The van der Waals surface area contributed by atoms with Crippen molar-refractivity contribution in [3.05, 3.63) is 86.8 Å². The normalized spacial score (nSPS) is 15.7. The van der Waals surface area contributed by atoms with E-state index >= 15 is 0 Å². The van der Waals surface area contributed by atoms with Gasteiger partial charge in [0.15, 0.2) is 0 Å². The van der Waals surface area contributed by atoms with Gasteiger partial charge in [0.1, 0.15) is 15.5 Å². The van der Waals surface area contributed by atoms with E-state index in [1.165, 1.54) is 23.5 Å². The van der Waals surface area contributed by atoms with Gasteiger partial charge in [0.05, 0.1) is 24.0 Å². The first kappa shape index (κ1) is 23.3. The van der Waals surface area contributed by atoms with E-state index in [9.17, 15) is 19.1 Å². The van der Waals surface area contributed by atoms with Gasteiger partial charge in [0.25, 0.3) is 11.5 Å². The molecule has 2 aromatic heterocycles. The number of aliphatic hydroxyl groups excluding tert-OH is 1. The lowest BCUT2D eigenvalue weighted by atomic mass is 10.1. The van der Waals surface area contributed by atoms with Crippen LogP contribution in [0.25, 0.3) is 15.9 Å². The number of carbonyl (C=O) groups excluding carboxylic acids is 1. The fraction of sp³-hybridized carbons (Fsp3) is 0.259. The fourth-order valence-corrected chi connectivity index (χ4v) is 5.89. The van der Waals surface area contributed by atoms with Crippen LogP contribution in [-0.4, -0.2) is 39.7 Å². The number of pyridine rings is 1. The van der Waals surface area contributed by atoms with Gasteiger partial charge < -0.3 is 15.3 Å². The van der Waals surface area contributed by atoms with Crippen LogP contribution in [0.15, 0.2) is 59.4 Å². The summed E-state index contributed by atoms with van der Waals surface area (Å²) in [5.41, 5.74) is 3.25. The third kappa shape index (κ3) is 4.24. The zero-order chi connectivity index (χ0) is 24.7. The summed E-state index contributed by atoms with van der Waals surface area (Å²) in [6.07, 6.45) is 1.58. The quantitative estimate of drug-likeness (QED) is 0.405. The van der Waals surface area contributed by atoms with Crippen LogP contribution in [0.5, 0.6) is 0 Å². The lowest BCUT2D eigenvalue weighted by Crippen LogP contribution is -2.37. The Hall–Kier alpha value is -3.49. The summed E-state index contributed by atoms with van der Waals surface area (Å²) < 4.78 is 15.5. The number of rotatable bonds is 5. The maximum atomic E-state index is 13.9. The largest absolute Gasteiger partial charge is 0.394 e. The first-order valence-corrected chi connectivity index (χ1v) is 12.4. The number of hydrogen-bond donors (Lipinski definition) is 2. The van der Waals surface area contributed by atoms with Crippen LogP contribution in [0.1, 0.15) is 33.6 Å². The maximum absolute atomic E-state index is 13.9. The van der Waals surface area contributed by atoms with Gasteiger partial charge in [-0.2, -0.15) is 0 Å². The van der Waals surface area contributed by atoms with E-state index in [-0.39, 0.29) is 29.9 Å². The molecule has 5 rings (SSSR count). The molecule has 1 aliphatic rings. The van der Waals surface area contributed by atoms with E-state index in [4.69, 9.17) is 0 Å². The maximum Gasteiger partial charge on any atom is 0.266 e. The Bertz CT molecular complexity index is 1490. The number of aromatic nitrogens is 1. The molecule has 0 aliphatic carbocycles. The second kappa shape index (κ2) is 9.28. The first-order chi connectivity index (χ1) is 16.9. The number of likely N-dealkylation sites (tertiary alicyclic amines) is 1. The summed E-state index contributed by atoms with van der Waals surface area (Å²) in [5, 5.41) is 13.9. The lowest BCUT2D eigenvalue weighted by molar-refractivity contribution is 0.0683. The predicted molar refractivity (Wildman–Crippen MR) is 138 cm³/mol. The molecule has 8 heteroatoms. The molecule has 1 fully saturated rings. The molecule has 2 N–H and O–H groups in total. The molecule has 6 nitrogen and oxygen atoms in total. The Morgan fingerprint density at radius 2 is 2.00 bits per heavy atom. The van der Waals surface area contributed by atoms with Crippen molar-refractivity contribution in [2.24, 2.45) is 0 Å². The predicted octanol–water partition coefficient (Wildman–Crippen LogP) is 5.15. The second-order valence-corrected chi connectivity index (χ2v) is 9.94. The minimum atomic E-state index is -0.307. The molecule has 1 saturated heterocycles. The Morgan fingerprint density at radius 1 is 1.17 bits per heavy atom. The van der Waals surface area contributed by atoms with Crippen molar-refractivity contribution in [1.82, 2.24) is 9.47 Å². The van der Waals surface area contributed by atoms with Gasteiger partial charge in [0, 0.05) is 23.7 Å². The SMILES string of the molecule is Cc1cccc(-n2c(=O)ccc3c(Nc4ccc(F)c(C)c4)c(C(=O)N4CCC[C@@H]4CO)sc32)c1. The molecule has 0 radical (unpaired) electrons. The van der Waals surface area contributed by atoms with Crippen molar-refractivity contribution >= 4 is 38.8 Å². The average molecular weight is 492 g/mol. The van der Waals surface area contributed by atoms with Crippen molar-refractivity contribution in [2.45, 2.75) is 32.7 Å². The Balaban J connectivity index is 1.72. The van der Waals surface area contributed by atoms with Gasteiger partial charge >= 0.3 is 0 Å². The molecule has 0 spiro atoms. The molecule has 3 heterocycles. The number of halogens is 1. The van der Waals surface area contributed by atoms with Crippen molar-refractivity contribution < 1.29 is 14.3 Å². The van der Waals surface area contributed by atoms with E-state index in [1.54, 1.807) is 34.6 Å². The molecule has 0 saturated carbocycles. The van der Waals surface area contributed by atoms with Crippen LogP contribution < -0.4 is 10.9 Å². The van der Waals surface area contributed by atoms with Crippen LogP contribution in [0.4, 0.5) is 15.8 Å². The standard InChI is InChI=1S/C27H26FN3O3S/c1-16-5-3-6-19(13-16)31-23(33)11-9-21-24(29-18-8-10-22(28)17(2)14-18)25(35-27(21)31)26(34)30-12-4-7-20(30)15-32/h3,5-6,8-11,13-14,20,29,32H,4,7,12,15H2,1-2H3/t20-/m1/s1. The monoisotopic (exact) mass is 491 g/mol. The van der Waals surface area contributed by atoms with Gasteiger partial charge in [0.2, 0.25) is 0 Å². The van der Waals surface area contributed by atoms with Crippen LogP contribution in [-0.2, 0) is 0 Å². The number of fused-ring (bicyclic) bond motifs is 1. The number of thiophene rings is 1. The van der Waals surface area contributed by atoms with Gasteiger partial charge in [-0.15, -0.1) is 11.3 Å². The van der Waals surface area contributed by atoms with Gasteiger partial charge in [-0.05, 0) is 74.2 Å². The number of amides is 1. The first-order valence-electron chi connectivity index (χ1n) is 11.6. The van der Waals surface area contributed by atoms with E-state index in [2.05, 4.69) is 5.32 Å². The number of nitrogens with zero attached hydrogens (tertiary/aromatic N) is 2. The van der Waals surface area contributed by atoms with E-state index < -0.39 is 0 Å². The highest BCUT2D eigenvalue weighted by molar-refractivity contribution is 7.21. The van der Waals surface area contributed by atoms with Crippen LogP contribution >= 0.6 is 11.3 Å². The molecule has 4 aromatic rings. The van der Waals surface area contributed by atoms with Crippen LogP contribution in [0, 0.1) is 19.7 Å². The van der Waals surface area contributed by atoms with E-state index in [1.807, 2.05) is 31.2 Å². The second-order valence-electron chi connectivity index (χ2n) is 8.94. The van der Waals surface area contributed by atoms with Crippen LogP contribution in [0.3, 0.4) is 0 Å². The third-order valence-electron chi connectivity index (χ3n) is 6.47. The third-order valence-corrected chi connectivity index (χ3v) is 7.65. The Labute approximate surface area is 206 Å². The number of hydrogen-bond acceptors (Lipinski definition) is 5. The molecule has 1 atom stereocenters. The summed E-state index contributed by atoms with van der Waals surface area (Å²) >= 11 is 1.25. The molecule has 0 unspecified atom stereocenters. The number of nitrogens with one attached hydrogen (secondary N) is 1. The minimum absolute atomic E-state index is 0.0927. The molecular formula is C27H26FN3O3S. The molecule has 1 amide bonds. The molecule has 1 aliphatic heterocycles. The smallest absolute Gasteiger partial charge is 0.266 e. The molecule has 180 valence electrons.